The monoisotopic (exact) mass is 212 g/mol. The van der Waals surface area contributed by atoms with Crippen molar-refractivity contribution >= 4 is 5.97 Å². The number of hydrogen-bond donors (Lipinski definition) is 1. The first kappa shape index (κ1) is 9.61. The molecule has 0 unspecified atom stereocenters. The lowest BCUT2D eigenvalue weighted by atomic mass is 9.48. The molecule has 0 aliphatic heterocycles. The Bertz CT molecular complexity index is 299. The zero-order chi connectivity index (χ0) is 10.7. The summed E-state index contributed by atoms with van der Waals surface area (Å²) in [4.78, 5) is 10.9. The van der Waals surface area contributed by atoms with Gasteiger partial charge in [0.15, 0.2) is 0 Å². The van der Waals surface area contributed by atoms with E-state index in [4.69, 9.17) is 5.11 Å². The summed E-state index contributed by atoms with van der Waals surface area (Å²) in [6.07, 6.45) is 5.16. The second-order valence-corrected chi connectivity index (χ2v) is 6.18. The zero-order valence-electron chi connectivity index (χ0n) is 8.84. The maximum absolute atomic E-state index is 14.4. The van der Waals surface area contributed by atoms with Crippen LogP contribution in [0.1, 0.15) is 44.9 Å². The summed E-state index contributed by atoms with van der Waals surface area (Å²) in [6, 6.07) is 0. The van der Waals surface area contributed by atoms with Crippen LogP contribution in [0.25, 0.3) is 0 Å². The summed E-state index contributed by atoms with van der Waals surface area (Å²) in [6.45, 7) is 0. The van der Waals surface area contributed by atoms with Crippen LogP contribution in [-0.4, -0.2) is 16.7 Å². The molecule has 4 fully saturated rings. The van der Waals surface area contributed by atoms with Crippen molar-refractivity contribution in [2.45, 2.75) is 50.6 Å². The smallest absolute Gasteiger partial charge is 0.303 e. The number of hydrogen-bond acceptors (Lipinski definition) is 1. The minimum atomic E-state index is -1.01. The molecule has 0 spiro atoms. The van der Waals surface area contributed by atoms with E-state index in [0.29, 0.717) is 31.1 Å². The van der Waals surface area contributed by atoms with Crippen molar-refractivity contribution in [1.82, 2.24) is 0 Å². The van der Waals surface area contributed by atoms with Crippen LogP contribution < -0.4 is 0 Å². The van der Waals surface area contributed by atoms with Crippen LogP contribution in [0.4, 0.5) is 4.39 Å². The maximum Gasteiger partial charge on any atom is 0.303 e. The van der Waals surface area contributed by atoms with Gasteiger partial charge < -0.3 is 5.11 Å². The lowest BCUT2D eigenvalue weighted by Gasteiger charge is -2.58. The van der Waals surface area contributed by atoms with E-state index in [1.54, 1.807) is 0 Å². The Morgan fingerprint density at radius 1 is 1.27 bits per heavy atom. The molecule has 15 heavy (non-hydrogen) atoms. The molecule has 0 aromatic heterocycles. The normalized spacial score (nSPS) is 52.1. The van der Waals surface area contributed by atoms with Crippen LogP contribution in [0, 0.1) is 17.3 Å². The first-order valence-electron chi connectivity index (χ1n) is 5.89. The summed E-state index contributed by atoms with van der Waals surface area (Å²) in [5.74, 6) is 0.187. The minimum Gasteiger partial charge on any atom is -0.481 e. The minimum absolute atomic E-state index is 0.186. The fourth-order valence-corrected chi connectivity index (χ4v) is 4.86. The van der Waals surface area contributed by atoms with Crippen LogP contribution in [0.2, 0.25) is 0 Å². The lowest BCUT2D eigenvalue weighted by molar-refractivity contribution is -0.154. The van der Waals surface area contributed by atoms with Crippen molar-refractivity contribution < 1.29 is 14.3 Å². The van der Waals surface area contributed by atoms with Gasteiger partial charge in [0, 0.05) is 0 Å². The zero-order valence-corrected chi connectivity index (χ0v) is 8.84. The molecule has 4 saturated carbocycles. The highest BCUT2D eigenvalue weighted by Crippen LogP contribution is 2.64. The molecular weight excluding hydrogens is 195 g/mol. The molecule has 2 nitrogen and oxygen atoms in total. The van der Waals surface area contributed by atoms with Gasteiger partial charge in [0.05, 0.1) is 6.42 Å². The van der Waals surface area contributed by atoms with Crippen LogP contribution in [0.3, 0.4) is 0 Å². The number of rotatable bonds is 2. The molecular formula is C12H17FO2. The Morgan fingerprint density at radius 3 is 2.33 bits per heavy atom. The van der Waals surface area contributed by atoms with Gasteiger partial charge in [0.2, 0.25) is 0 Å². The Balaban J connectivity index is 1.89. The standard InChI is InChI=1S/C12H17FO2/c13-12-4-8-1-9(5-12)3-11(2-8,7-12)6-10(14)15/h8-9H,1-7H2,(H,14,15)/t8-,9-,11?,12?/m1/s1. The molecule has 4 bridgehead atoms. The molecule has 84 valence electrons. The molecule has 4 rings (SSSR count). The Hall–Kier alpha value is -0.600. The maximum atomic E-state index is 14.4. The van der Waals surface area contributed by atoms with Crippen molar-refractivity contribution in [3.8, 4) is 0 Å². The van der Waals surface area contributed by atoms with E-state index in [1.807, 2.05) is 0 Å². The first-order chi connectivity index (χ1) is 6.99. The molecule has 0 radical (unpaired) electrons. The quantitative estimate of drug-likeness (QED) is 0.764. The van der Waals surface area contributed by atoms with Crippen molar-refractivity contribution in [2.24, 2.45) is 17.3 Å². The lowest BCUT2D eigenvalue weighted by Crippen LogP contribution is -2.54. The van der Waals surface area contributed by atoms with Crippen LogP contribution in [0.5, 0.6) is 0 Å². The third kappa shape index (κ3) is 1.47. The Labute approximate surface area is 88.9 Å². The van der Waals surface area contributed by atoms with Gasteiger partial charge in [0.1, 0.15) is 5.67 Å². The topological polar surface area (TPSA) is 37.3 Å². The third-order valence-electron chi connectivity index (χ3n) is 4.64. The van der Waals surface area contributed by atoms with Crippen molar-refractivity contribution in [3.63, 3.8) is 0 Å². The van der Waals surface area contributed by atoms with Crippen molar-refractivity contribution in [2.75, 3.05) is 0 Å². The van der Waals surface area contributed by atoms with E-state index in [-0.39, 0.29) is 11.8 Å². The Morgan fingerprint density at radius 2 is 1.87 bits per heavy atom. The van der Waals surface area contributed by atoms with E-state index in [2.05, 4.69) is 0 Å². The van der Waals surface area contributed by atoms with E-state index in [0.717, 1.165) is 19.3 Å². The molecule has 0 heterocycles. The summed E-state index contributed by atoms with van der Waals surface area (Å²) < 4.78 is 14.4. The van der Waals surface area contributed by atoms with Gasteiger partial charge in [-0.1, -0.05) is 0 Å². The average molecular weight is 212 g/mol. The second kappa shape index (κ2) is 2.74. The predicted octanol–water partition coefficient (Wildman–Crippen LogP) is 2.77. The molecule has 0 aromatic carbocycles. The van der Waals surface area contributed by atoms with E-state index < -0.39 is 11.6 Å². The van der Waals surface area contributed by atoms with Crippen LogP contribution in [-0.2, 0) is 4.79 Å². The summed E-state index contributed by atoms with van der Waals surface area (Å²) >= 11 is 0. The van der Waals surface area contributed by atoms with Gasteiger partial charge >= 0.3 is 5.97 Å². The van der Waals surface area contributed by atoms with Crippen LogP contribution >= 0.6 is 0 Å². The SMILES string of the molecule is O=C(O)CC12C[C@H]3C[C@@H](CC(F)(C3)C1)C2. The molecule has 4 aliphatic carbocycles. The molecule has 0 amide bonds. The van der Waals surface area contributed by atoms with E-state index >= 15 is 0 Å². The number of alkyl halides is 1. The molecule has 2 atom stereocenters. The van der Waals surface area contributed by atoms with Gasteiger partial charge in [-0.25, -0.2) is 4.39 Å². The predicted molar refractivity (Wildman–Crippen MR) is 53.2 cm³/mol. The Kier molecular flexibility index (Phi) is 1.76. The summed E-state index contributed by atoms with van der Waals surface area (Å²) in [5.41, 5.74) is -1.20. The highest BCUT2D eigenvalue weighted by molar-refractivity contribution is 5.67. The molecule has 0 saturated heterocycles. The first-order valence-corrected chi connectivity index (χ1v) is 5.89. The fourth-order valence-electron chi connectivity index (χ4n) is 4.86. The largest absolute Gasteiger partial charge is 0.481 e. The fraction of sp³-hybridized carbons (Fsp3) is 0.917. The molecule has 4 aliphatic rings. The van der Waals surface area contributed by atoms with Gasteiger partial charge in [-0.15, -0.1) is 0 Å². The van der Waals surface area contributed by atoms with Gasteiger partial charge in [-0.3, -0.25) is 4.79 Å². The van der Waals surface area contributed by atoms with Gasteiger partial charge in [-0.05, 0) is 55.8 Å². The van der Waals surface area contributed by atoms with Crippen molar-refractivity contribution in [1.29, 1.82) is 0 Å². The van der Waals surface area contributed by atoms with E-state index in [1.165, 1.54) is 0 Å². The number of carboxylic acid groups (broad SMARTS) is 1. The molecule has 3 heteroatoms. The van der Waals surface area contributed by atoms with Crippen molar-refractivity contribution in [3.05, 3.63) is 0 Å². The second-order valence-electron chi connectivity index (χ2n) is 6.18. The van der Waals surface area contributed by atoms with E-state index in [9.17, 15) is 9.18 Å². The molecule has 0 aromatic rings. The summed E-state index contributed by atoms with van der Waals surface area (Å²) in [7, 11) is 0. The average Bonchev–Trinajstić information content (AvgIpc) is 1.94. The highest BCUT2D eigenvalue weighted by Gasteiger charge is 2.58. The number of halogens is 1. The highest BCUT2D eigenvalue weighted by atomic mass is 19.1. The van der Waals surface area contributed by atoms with Gasteiger partial charge in [0.25, 0.3) is 0 Å². The number of carboxylic acids is 1. The number of carbonyl (C=O) groups is 1. The number of aliphatic carboxylic acids is 1. The summed E-state index contributed by atoms with van der Waals surface area (Å²) in [5, 5.41) is 8.93. The van der Waals surface area contributed by atoms with Gasteiger partial charge in [-0.2, -0.15) is 0 Å². The van der Waals surface area contributed by atoms with Crippen LogP contribution in [0.15, 0.2) is 0 Å². The molecule has 1 N–H and O–H groups in total. The third-order valence-corrected chi connectivity index (χ3v) is 4.64.